The third-order valence-electron chi connectivity index (χ3n) is 4.52. The molecule has 0 amide bonds. The van der Waals surface area contributed by atoms with Crippen molar-refractivity contribution in [2.24, 2.45) is 0 Å². The number of rotatable bonds is 5. The maximum Gasteiger partial charge on any atom is 0.0517 e. The molecular weight excluding hydrogens is 240 g/mol. The zero-order chi connectivity index (χ0) is 13.2. The lowest BCUT2D eigenvalue weighted by Gasteiger charge is -2.44. The van der Waals surface area contributed by atoms with Crippen LogP contribution in [0, 0.1) is 6.92 Å². The minimum atomic E-state index is 0.307. The predicted octanol–water partition coefficient (Wildman–Crippen LogP) is 3.58. The largest absolute Gasteiger partial charge is 0.309 e. The SMILES string of the molecule is CCNC(c1ccsc1C)C1(N(C)C)CCCC1. The van der Waals surface area contributed by atoms with Gasteiger partial charge >= 0.3 is 0 Å². The molecule has 1 unspecified atom stereocenters. The highest BCUT2D eigenvalue weighted by atomic mass is 32.1. The van der Waals surface area contributed by atoms with Crippen LogP contribution in [0.2, 0.25) is 0 Å². The van der Waals surface area contributed by atoms with Crippen LogP contribution in [0.15, 0.2) is 11.4 Å². The molecular formula is C15H26N2S. The molecule has 0 spiro atoms. The first kappa shape index (κ1) is 14.0. The molecule has 1 saturated carbocycles. The summed E-state index contributed by atoms with van der Waals surface area (Å²) in [5, 5.41) is 5.98. The maximum atomic E-state index is 3.75. The Bertz CT molecular complexity index is 378. The van der Waals surface area contributed by atoms with Crippen LogP contribution in [0.3, 0.4) is 0 Å². The van der Waals surface area contributed by atoms with Crippen LogP contribution in [-0.4, -0.2) is 31.1 Å². The quantitative estimate of drug-likeness (QED) is 0.876. The Morgan fingerprint density at radius 1 is 1.39 bits per heavy atom. The van der Waals surface area contributed by atoms with Crippen molar-refractivity contribution in [1.29, 1.82) is 0 Å². The lowest BCUT2D eigenvalue weighted by Crippen LogP contribution is -2.52. The molecule has 2 nitrogen and oxygen atoms in total. The van der Waals surface area contributed by atoms with Crippen molar-refractivity contribution < 1.29 is 0 Å². The highest BCUT2D eigenvalue weighted by Gasteiger charge is 2.44. The Kier molecular flexibility index (Phi) is 4.46. The summed E-state index contributed by atoms with van der Waals surface area (Å²) in [6, 6.07) is 2.79. The van der Waals surface area contributed by atoms with Gasteiger partial charge in [0.15, 0.2) is 0 Å². The van der Waals surface area contributed by atoms with E-state index in [4.69, 9.17) is 0 Å². The van der Waals surface area contributed by atoms with Crippen LogP contribution >= 0.6 is 11.3 Å². The fourth-order valence-corrected chi connectivity index (χ4v) is 4.21. The van der Waals surface area contributed by atoms with Gasteiger partial charge < -0.3 is 10.2 Å². The first-order chi connectivity index (χ1) is 8.62. The Labute approximate surface area is 115 Å². The highest BCUT2D eigenvalue weighted by Crippen LogP contribution is 2.44. The van der Waals surface area contributed by atoms with Gasteiger partial charge in [0.25, 0.3) is 0 Å². The van der Waals surface area contributed by atoms with E-state index < -0.39 is 0 Å². The lowest BCUT2D eigenvalue weighted by atomic mass is 9.82. The van der Waals surface area contributed by atoms with E-state index in [0.717, 1.165) is 6.54 Å². The average Bonchev–Trinajstić information content (AvgIpc) is 2.95. The molecule has 0 saturated heterocycles. The Hall–Kier alpha value is -0.380. The van der Waals surface area contributed by atoms with Gasteiger partial charge in [0.1, 0.15) is 0 Å². The van der Waals surface area contributed by atoms with E-state index in [-0.39, 0.29) is 0 Å². The van der Waals surface area contributed by atoms with Crippen LogP contribution in [0.5, 0.6) is 0 Å². The molecule has 0 aromatic carbocycles. The third-order valence-corrected chi connectivity index (χ3v) is 5.38. The fraction of sp³-hybridized carbons (Fsp3) is 0.733. The molecule has 1 fully saturated rings. The van der Waals surface area contributed by atoms with Crippen LogP contribution in [0.4, 0.5) is 0 Å². The normalized spacial score (nSPS) is 20.5. The minimum absolute atomic E-state index is 0.307. The Balaban J connectivity index is 2.37. The molecule has 1 aromatic rings. The molecule has 1 atom stereocenters. The lowest BCUT2D eigenvalue weighted by molar-refractivity contribution is 0.105. The minimum Gasteiger partial charge on any atom is -0.309 e. The Morgan fingerprint density at radius 3 is 2.50 bits per heavy atom. The van der Waals surface area contributed by atoms with Crippen molar-refractivity contribution in [3.63, 3.8) is 0 Å². The number of aryl methyl sites for hydroxylation is 1. The second-order valence-corrected chi connectivity index (χ2v) is 6.75. The summed E-state index contributed by atoms with van der Waals surface area (Å²) in [4.78, 5) is 3.93. The van der Waals surface area contributed by atoms with Crippen LogP contribution in [-0.2, 0) is 0 Å². The molecule has 2 rings (SSSR count). The van der Waals surface area contributed by atoms with E-state index in [1.807, 2.05) is 11.3 Å². The molecule has 0 radical (unpaired) electrons. The molecule has 3 heteroatoms. The number of thiophene rings is 1. The van der Waals surface area contributed by atoms with E-state index in [9.17, 15) is 0 Å². The summed E-state index contributed by atoms with van der Waals surface area (Å²) < 4.78 is 0. The van der Waals surface area contributed by atoms with Gasteiger partial charge in [0, 0.05) is 10.4 Å². The van der Waals surface area contributed by atoms with Gasteiger partial charge in [-0.1, -0.05) is 19.8 Å². The number of nitrogens with zero attached hydrogens (tertiary/aromatic N) is 1. The smallest absolute Gasteiger partial charge is 0.0517 e. The first-order valence-corrected chi connectivity index (χ1v) is 7.94. The molecule has 102 valence electrons. The second kappa shape index (κ2) is 5.72. The van der Waals surface area contributed by atoms with Crippen molar-refractivity contribution >= 4 is 11.3 Å². The van der Waals surface area contributed by atoms with Crippen molar-refractivity contribution in [3.05, 3.63) is 21.9 Å². The van der Waals surface area contributed by atoms with Crippen LogP contribution in [0.25, 0.3) is 0 Å². The van der Waals surface area contributed by atoms with E-state index in [2.05, 4.69) is 49.6 Å². The van der Waals surface area contributed by atoms with Crippen molar-refractivity contribution in [3.8, 4) is 0 Å². The van der Waals surface area contributed by atoms with E-state index >= 15 is 0 Å². The van der Waals surface area contributed by atoms with Crippen molar-refractivity contribution in [2.75, 3.05) is 20.6 Å². The molecule has 1 aliphatic rings. The highest BCUT2D eigenvalue weighted by molar-refractivity contribution is 7.10. The summed E-state index contributed by atoms with van der Waals surface area (Å²) in [6.45, 7) is 5.51. The molecule has 1 N–H and O–H groups in total. The summed E-state index contributed by atoms with van der Waals surface area (Å²) >= 11 is 1.87. The van der Waals surface area contributed by atoms with Crippen LogP contribution in [0.1, 0.15) is 49.1 Å². The molecule has 1 aliphatic carbocycles. The van der Waals surface area contributed by atoms with Gasteiger partial charge in [-0.3, -0.25) is 0 Å². The third kappa shape index (κ3) is 2.36. The zero-order valence-electron chi connectivity index (χ0n) is 12.1. The standard InChI is InChI=1S/C15H26N2S/c1-5-16-14(13-8-11-18-12(13)2)15(17(3)4)9-6-7-10-15/h8,11,14,16H,5-7,9-10H2,1-4H3. The second-order valence-electron chi connectivity index (χ2n) is 5.63. The van der Waals surface area contributed by atoms with E-state index in [0.29, 0.717) is 11.6 Å². The predicted molar refractivity (Wildman–Crippen MR) is 80.4 cm³/mol. The topological polar surface area (TPSA) is 15.3 Å². The number of hydrogen-bond acceptors (Lipinski definition) is 3. The molecule has 18 heavy (non-hydrogen) atoms. The monoisotopic (exact) mass is 266 g/mol. The molecule has 1 aromatic heterocycles. The maximum absolute atomic E-state index is 3.75. The Morgan fingerprint density at radius 2 is 2.06 bits per heavy atom. The average molecular weight is 266 g/mol. The van der Waals surface area contributed by atoms with E-state index in [1.165, 1.54) is 36.1 Å². The van der Waals surface area contributed by atoms with Crippen molar-refractivity contribution in [1.82, 2.24) is 10.2 Å². The molecule has 0 bridgehead atoms. The van der Waals surface area contributed by atoms with Gasteiger partial charge in [0.05, 0.1) is 6.04 Å². The van der Waals surface area contributed by atoms with E-state index in [1.54, 1.807) is 0 Å². The van der Waals surface area contributed by atoms with Gasteiger partial charge in [-0.05, 0) is 57.4 Å². The van der Waals surface area contributed by atoms with Gasteiger partial charge in [-0.15, -0.1) is 11.3 Å². The summed E-state index contributed by atoms with van der Waals surface area (Å²) in [5.41, 5.74) is 1.82. The molecule has 1 heterocycles. The number of hydrogen-bond donors (Lipinski definition) is 1. The summed E-state index contributed by atoms with van der Waals surface area (Å²) in [5.74, 6) is 0. The van der Waals surface area contributed by atoms with Gasteiger partial charge in [-0.2, -0.15) is 0 Å². The van der Waals surface area contributed by atoms with Gasteiger partial charge in [0.2, 0.25) is 0 Å². The summed E-state index contributed by atoms with van der Waals surface area (Å²) in [6.07, 6.45) is 5.35. The molecule has 0 aliphatic heterocycles. The summed E-state index contributed by atoms with van der Waals surface area (Å²) in [7, 11) is 4.49. The van der Waals surface area contributed by atoms with Crippen LogP contribution < -0.4 is 5.32 Å². The zero-order valence-corrected chi connectivity index (χ0v) is 12.9. The van der Waals surface area contributed by atoms with Gasteiger partial charge in [-0.25, -0.2) is 0 Å². The fourth-order valence-electron chi connectivity index (χ4n) is 3.47. The number of likely N-dealkylation sites (N-methyl/N-ethyl adjacent to an activating group) is 2. The number of nitrogens with one attached hydrogen (secondary N) is 1. The van der Waals surface area contributed by atoms with Crippen molar-refractivity contribution in [2.45, 2.75) is 51.1 Å². The first-order valence-electron chi connectivity index (χ1n) is 7.06.